The third kappa shape index (κ3) is 3.56. The van der Waals surface area contributed by atoms with Crippen LogP contribution in [0.3, 0.4) is 0 Å². The van der Waals surface area contributed by atoms with Crippen LogP contribution in [-0.4, -0.2) is 61.2 Å². The van der Waals surface area contributed by atoms with Crippen LogP contribution in [0.5, 0.6) is 5.75 Å². The van der Waals surface area contributed by atoms with Crippen molar-refractivity contribution in [3.05, 3.63) is 11.9 Å². The first-order chi connectivity index (χ1) is 10.2. The average molecular weight is 296 g/mol. The zero-order chi connectivity index (χ0) is 15.2. The standard InChI is InChI=1S/C15H28N4O2/c1-5-7-18-8-9-21-13(11-18)14(16-3)15-12(20-4)10-17-19(15)6-2/h10,13-14,16H,5-9,11H2,1-4H3. The van der Waals surface area contributed by atoms with Gasteiger partial charge in [-0.05, 0) is 26.9 Å². The first-order valence-corrected chi connectivity index (χ1v) is 7.86. The van der Waals surface area contributed by atoms with E-state index in [-0.39, 0.29) is 12.1 Å². The molecule has 0 spiro atoms. The maximum atomic E-state index is 6.03. The smallest absolute Gasteiger partial charge is 0.161 e. The van der Waals surface area contributed by atoms with Crippen LogP contribution in [0.25, 0.3) is 0 Å². The van der Waals surface area contributed by atoms with Crippen molar-refractivity contribution in [1.82, 2.24) is 20.0 Å². The average Bonchev–Trinajstić information content (AvgIpc) is 2.92. The molecule has 2 heterocycles. The molecule has 0 radical (unpaired) electrons. The highest BCUT2D eigenvalue weighted by atomic mass is 16.5. The highest BCUT2D eigenvalue weighted by molar-refractivity contribution is 5.29. The summed E-state index contributed by atoms with van der Waals surface area (Å²) < 4.78 is 13.5. The van der Waals surface area contributed by atoms with Gasteiger partial charge in [-0.1, -0.05) is 6.92 Å². The SMILES string of the molecule is CCCN1CCOC(C(NC)c2c(OC)cnn2CC)C1. The van der Waals surface area contributed by atoms with E-state index in [1.54, 1.807) is 13.3 Å². The minimum atomic E-state index is 0.0852. The van der Waals surface area contributed by atoms with Gasteiger partial charge in [0, 0.05) is 19.6 Å². The summed E-state index contributed by atoms with van der Waals surface area (Å²) in [7, 11) is 3.66. The Hall–Kier alpha value is -1.11. The Labute approximate surface area is 127 Å². The molecule has 0 aromatic carbocycles. The van der Waals surface area contributed by atoms with E-state index < -0.39 is 0 Å². The predicted molar refractivity (Wildman–Crippen MR) is 82.7 cm³/mol. The molecule has 1 fully saturated rings. The van der Waals surface area contributed by atoms with Gasteiger partial charge < -0.3 is 14.8 Å². The van der Waals surface area contributed by atoms with Crippen LogP contribution < -0.4 is 10.1 Å². The summed E-state index contributed by atoms with van der Waals surface area (Å²) in [6.45, 7) is 9.00. The predicted octanol–water partition coefficient (Wildman–Crippen LogP) is 1.28. The third-order valence-electron chi connectivity index (χ3n) is 4.06. The second kappa shape index (κ2) is 7.77. The van der Waals surface area contributed by atoms with Gasteiger partial charge in [0.2, 0.25) is 0 Å². The lowest BCUT2D eigenvalue weighted by atomic mass is 10.0. The normalized spacial score (nSPS) is 21.4. The largest absolute Gasteiger partial charge is 0.493 e. The van der Waals surface area contributed by atoms with Gasteiger partial charge in [0.1, 0.15) is 0 Å². The van der Waals surface area contributed by atoms with Gasteiger partial charge in [0.25, 0.3) is 0 Å². The molecule has 0 bridgehead atoms. The van der Waals surface area contributed by atoms with E-state index in [0.29, 0.717) is 0 Å². The molecular formula is C15H28N4O2. The fourth-order valence-electron chi connectivity index (χ4n) is 3.05. The fraction of sp³-hybridized carbons (Fsp3) is 0.800. The molecule has 1 aromatic rings. The number of likely N-dealkylation sites (N-methyl/N-ethyl adjacent to an activating group) is 1. The zero-order valence-corrected chi connectivity index (χ0v) is 13.6. The quantitative estimate of drug-likeness (QED) is 0.821. The summed E-state index contributed by atoms with van der Waals surface area (Å²) >= 11 is 0. The van der Waals surface area contributed by atoms with Crippen molar-refractivity contribution >= 4 is 0 Å². The van der Waals surface area contributed by atoms with E-state index in [1.807, 2.05) is 11.7 Å². The molecule has 1 N–H and O–H groups in total. The molecule has 1 aliphatic heterocycles. The van der Waals surface area contributed by atoms with Crippen LogP contribution in [0.2, 0.25) is 0 Å². The van der Waals surface area contributed by atoms with E-state index in [4.69, 9.17) is 9.47 Å². The summed E-state index contributed by atoms with van der Waals surface area (Å²) in [5, 5.41) is 7.80. The molecule has 0 amide bonds. The molecule has 0 aliphatic carbocycles. The van der Waals surface area contributed by atoms with Crippen molar-refractivity contribution in [2.24, 2.45) is 0 Å². The maximum absolute atomic E-state index is 6.03. The number of rotatable bonds is 7. The van der Waals surface area contributed by atoms with Crippen molar-refractivity contribution in [1.29, 1.82) is 0 Å². The number of morpholine rings is 1. The fourth-order valence-corrected chi connectivity index (χ4v) is 3.05. The van der Waals surface area contributed by atoms with E-state index >= 15 is 0 Å². The Morgan fingerprint density at radius 1 is 1.52 bits per heavy atom. The van der Waals surface area contributed by atoms with Gasteiger partial charge in [0.15, 0.2) is 5.75 Å². The van der Waals surface area contributed by atoms with Crippen LogP contribution >= 0.6 is 0 Å². The maximum Gasteiger partial charge on any atom is 0.161 e. The molecule has 2 atom stereocenters. The molecule has 0 saturated carbocycles. The molecular weight excluding hydrogens is 268 g/mol. The van der Waals surface area contributed by atoms with E-state index in [0.717, 1.165) is 44.2 Å². The third-order valence-corrected chi connectivity index (χ3v) is 4.06. The molecule has 120 valence electrons. The number of hydrogen-bond donors (Lipinski definition) is 1. The van der Waals surface area contributed by atoms with E-state index in [1.165, 1.54) is 6.42 Å². The van der Waals surface area contributed by atoms with Gasteiger partial charge in [0.05, 0.1) is 37.8 Å². The highest BCUT2D eigenvalue weighted by Crippen LogP contribution is 2.29. The van der Waals surface area contributed by atoms with Crippen molar-refractivity contribution in [3.8, 4) is 5.75 Å². The number of methoxy groups -OCH3 is 1. The van der Waals surface area contributed by atoms with Gasteiger partial charge in [-0.15, -0.1) is 0 Å². The van der Waals surface area contributed by atoms with Crippen molar-refractivity contribution < 1.29 is 9.47 Å². The summed E-state index contributed by atoms with van der Waals surface area (Å²) in [6.07, 6.45) is 3.08. The summed E-state index contributed by atoms with van der Waals surface area (Å²) in [4.78, 5) is 2.47. The second-order valence-corrected chi connectivity index (χ2v) is 5.39. The lowest BCUT2D eigenvalue weighted by molar-refractivity contribution is -0.0475. The minimum Gasteiger partial charge on any atom is -0.493 e. The monoisotopic (exact) mass is 296 g/mol. The van der Waals surface area contributed by atoms with Crippen LogP contribution in [0.15, 0.2) is 6.20 Å². The molecule has 21 heavy (non-hydrogen) atoms. The van der Waals surface area contributed by atoms with Crippen LogP contribution in [0.1, 0.15) is 32.0 Å². The van der Waals surface area contributed by atoms with Crippen LogP contribution in [0.4, 0.5) is 0 Å². The lowest BCUT2D eigenvalue weighted by Gasteiger charge is -2.37. The van der Waals surface area contributed by atoms with Crippen LogP contribution in [0, 0.1) is 0 Å². The lowest BCUT2D eigenvalue weighted by Crippen LogP contribution is -2.48. The Morgan fingerprint density at radius 3 is 2.95 bits per heavy atom. The Kier molecular flexibility index (Phi) is 6.02. The number of ether oxygens (including phenoxy) is 2. The number of aryl methyl sites for hydroxylation is 1. The molecule has 6 nitrogen and oxygen atoms in total. The van der Waals surface area contributed by atoms with Gasteiger partial charge in [-0.3, -0.25) is 9.58 Å². The van der Waals surface area contributed by atoms with E-state index in [2.05, 4.69) is 29.2 Å². The Bertz CT molecular complexity index is 412. The van der Waals surface area contributed by atoms with Crippen molar-refractivity contribution in [2.75, 3.05) is 40.4 Å². The molecule has 6 heteroatoms. The van der Waals surface area contributed by atoms with Crippen molar-refractivity contribution in [2.45, 2.75) is 39.0 Å². The zero-order valence-electron chi connectivity index (χ0n) is 13.6. The van der Waals surface area contributed by atoms with Gasteiger partial charge in [-0.25, -0.2) is 0 Å². The minimum absolute atomic E-state index is 0.0852. The molecule has 2 unspecified atom stereocenters. The molecule has 1 aliphatic rings. The highest BCUT2D eigenvalue weighted by Gasteiger charge is 2.32. The number of nitrogens with zero attached hydrogens (tertiary/aromatic N) is 3. The number of nitrogens with one attached hydrogen (secondary N) is 1. The van der Waals surface area contributed by atoms with E-state index in [9.17, 15) is 0 Å². The number of aromatic nitrogens is 2. The van der Waals surface area contributed by atoms with Crippen LogP contribution in [-0.2, 0) is 11.3 Å². The molecule has 2 rings (SSSR count). The molecule has 1 aromatic heterocycles. The first kappa shape index (κ1) is 16.3. The summed E-state index contributed by atoms with van der Waals surface area (Å²) in [5.41, 5.74) is 1.07. The second-order valence-electron chi connectivity index (χ2n) is 5.39. The topological polar surface area (TPSA) is 51.6 Å². The molecule has 1 saturated heterocycles. The first-order valence-electron chi connectivity index (χ1n) is 7.86. The van der Waals surface area contributed by atoms with Gasteiger partial charge in [-0.2, -0.15) is 5.10 Å². The number of hydrogen-bond acceptors (Lipinski definition) is 5. The summed E-state index contributed by atoms with van der Waals surface area (Å²) in [6, 6.07) is 0.0852. The summed E-state index contributed by atoms with van der Waals surface area (Å²) in [5.74, 6) is 0.826. The van der Waals surface area contributed by atoms with Gasteiger partial charge >= 0.3 is 0 Å². The Morgan fingerprint density at radius 2 is 2.33 bits per heavy atom. The van der Waals surface area contributed by atoms with Crippen molar-refractivity contribution in [3.63, 3.8) is 0 Å². The Balaban J connectivity index is 2.20.